The minimum atomic E-state index is -1.84. The first-order chi connectivity index (χ1) is 9.42. The van der Waals surface area contributed by atoms with Gasteiger partial charge >= 0.3 is 15.9 Å². The van der Waals surface area contributed by atoms with Gasteiger partial charge in [-0.2, -0.15) is 0 Å². The van der Waals surface area contributed by atoms with Crippen LogP contribution in [0.4, 0.5) is 0 Å². The van der Waals surface area contributed by atoms with Gasteiger partial charge in [0.2, 0.25) is 0 Å². The third-order valence-corrected chi connectivity index (χ3v) is 10.4. The molecule has 0 amide bonds. The van der Waals surface area contributed by atoms with Crippen LogP contribution in [0.15, 0.2) is 0 Å². The second kappa shape index (κ2) is 9.60. The van der Waals surface area contributed by atoms with Crippen molar-refractivity contribution in [3.63, 3.8) is 0 Å². The van der Waals surface area contributed by atoms with Crippen molar-refractivity contribution in [2.75, 3.05) is 84.6 Å². The summed E-state index contributed by atoms with van der Waals surface area (Å²) in [5, 5.41) is 2.24. The van der Waals surface area contributed by atoms with Gasteiger partial charge in [0, 0.05) is 14.1 Å². The van der Waals surface area contributed by atoms with Crippen molar-refractivity contribution < 1.29 is 8.91 Å². The van der Waals surface area contributed by atoms with Gasteiger partial charge in [-0.3, -0.25) is 0 Å². The zero-order chi connectivity index (χ0) is 17.1. The van der Waals surface area contributed by atoms with E-state index in [0.29, 0.717) is 0 Å². The average Bonchev–Trinajstić information content (AvgIpc) is 2.25. The molecule has 0 atom stereocenters. The highest BCUT2D eigenvalue weighted by molar-refractivity contribution is 7.61. The number of halogens is 1. The van der Waals surface area contributed by atoms with E-state index in [1.54, 1.807) is 0 Å². The van der Waals surface area contributed by atoms with E-state index in [0.717, 1.165) is 0 Å². The van der Waals surface area contributed by atoms with Gasteiger partial charge < -0.3 is 4.70 Å². The summed E-state index contributed by atoms with van der Waals surface area (Å²) in [6.07, 6.45) is 0. The summed E-state index contributed by atoms with van der Waals surface area (Å²) in [7, 11) is 23.4. The van der Waals surface area contributed by atoms with E-state index in [-0.39, 0.29) is 4.70 Å². The summed E-state index contributed by atoms with van der Waals surface area (Å²) >= 11 is 0. The molecule has 0 unspecified atom stereocenters. The normalized spacial score (nSPS) is 13.2. The van der Waals surface area contributed by atoms with Gasteiger partial charge in [0.25, 0.3) is 0 Å². The molecule has 0 bridgehead atoms. The molecule has 0 aliphatic heterocycles. The molecule has 0 aromatic carbocycles. The minimum absolute atomic E-state index is 0. The molecule has 0 N–H and O–H groups in total. The van der Waals surface area contributed by atoms with E-state index < -0.39 is 15.9 Å². The molecule has 136 valence electrons. The molecule has 0 radical (unpaired) electrons. The maximum Gasteiger partial charge on any atom is 0.372 e. The Balaban J connectivity index is 0. The molecule has 10 heteroatoms. The molecule has 0 spiro atoms. The van der Waals surface area contributed by atoms with Crippen molar-refractivity contribution in [1.29, 1.82) is 0 Å². The Bertz CT molecular complexity index is 347. The Labute approximate surface area is 138 Å². The number of hydrogen-bond donors (Lipinski definition) is 0. The van der Waals surface area contributed by atoms with Gasteiger partial charge in [-0.05, 0) is 70.5 Å². The van der Waals surface area contributed by atoms with Crippen molar-refractivity contribution in [3.8, 4) is 0 Å². The van der Waals surface area contributed by atoms with Crippen LogP contribution in [0.1, 0.15) is 0 Å². The van der Waals surface area contributed by atoms with E-state index in [4.69, 9.17) is 0 Å². The second-order valence-electron chi connectivity index (χ2n) is 6.16. The van der Waals surface area contributed by atoms with Crippen LogP contribution < -0.4 is 4.70 Å². The maximum atomic E-state index is 2.53. The molecule has 22 heavy (non-hydrogen) atoms. The highest BCUT2D eigenvalue weighted by atomic mass is 31.2. The van der Waals surface area contributed by atoms with Gasteiger partial charge in [-0.25, -0.2) is 23.4 Å². The summed E-state index contributed by atoms with van der Waals surface area (Å²) in [6, 6.07) is 0. The van der Waals surface area contributed by atoms with Crippen LogP contribution in [-0.4, -0.2) is 117 Å². The Hall–Kier alpha value is 0.350. The summed E-state index contributed by atoms with van der Waals surface area (Å²) < 4.78 is 14.2. The molecule has 0 rings (SSSR count). The smallest absolute Gasteiger partial charge is 0.372 e. The topological polar surface area (TPSA) is 22.5 Å². The highest BCUT2D eigenvalue weighted by Gasteiger charge is 2.47. The third-order valence-electron chi connectivity index (χ3n) is 3.08. The van der Waals surface area contributed by atoms with Gasteiger partial charge in [-0.15, -0.1) is 0 Å². The lowest BCUT2D eigenvalue weighted by Crippen LogP contribution is -3.00. The number of rotatable bonds is 7. The summed E-state index contributed by atoms with van der Waals surface area (Å²) in [4.78, 5) is 0. The van der Waals surface area contributed by atoms with Gasteiger partial charge in [0.1, 0.15) is 0 Å². The van der Waals surface area contributed by atoms with Crippen molar-refractivity contribution in [3.05, 3.63) is 0 Å². The summed E-state index contributed by atoms with van der Waals surface area (Å²) in [6.45, 7) is 0. The fourth-order valence-electron chi connectivity index (χ4n) is 2.74. The molecule has 7 nitrogen and oxygen atoms in total. The SMILES string of the molecule is CN(C)[N+](P(N(C)C)N(C)C)=P(N(C)C)(N(C)C)N(C)C.[F-]. The molecule has 0 aromatic heterocycles. The monoisotopic (exact) mass is 359 g/mol. The van der Waals surface area contributed by atoms with E-state index in [1.807, 2.05) is 0 Å². The van der Waals surface area contributed by atoms with E-state index in [9.17, 15) is 0 Å². The molecular formula is C12H36FN7P2. The van der Waals surface area contributed by atoms with Crippen LogP contribution in [0, 0.1) is 0 Å². The lowest BCUT2D eigenvalue weighted by molar-refractivity contribution is -0.545. The largest absolute Gasteiger partial charge is 1.00 e. The predicted octanol–water partition coefficient (Wildman–Crippen LogP) is -1.54. The van der Waals surface area contributed by atoms with Gasteiger partial charge in [-0.1, -0.05) is 9.22 Å². The lowest BCUT2D eigenvalue weighted by Gasteiger charge is -2.41. The Morgan fingerprint density at radius 1 is 0.591 bits per heavy atom. The van der Waals surface area contributed by atoms with Gasteiger partial charge in [0.15, 0.2) is 0 Å². The molecule has 0 aliphatic rings. The number of hydrogen-bond acceptors (Lipinski definition) is 2. The first-order valence-electron chi connectivity index (χ1n) is 6.97. The molecular weight excluding hydrogens is 323 g/mol. The summed E-state index contributed by atoms with van der Waals surface area (Å²) in [5.74, 6) is 0. The van der Waals surface area contributed by atoms with Gasteiger partial charge in [0.05, 0.1) is 0 Å². The summed E-state index contributed by atoms with van der Waals surface area (Å²) in [5.41, 5.74) is 0. The molecule has 0 aromatic rings. The molecule has 0 fully saturated rings. The van der Waals surface area contributed by atoms with E-state index in [1.165, 1.54) is 0 Å². The van der Waals surface area contributed by atoms with Crippen molar-refractivity contribution in [1.82, 2.24) is 28.4 Å². The lowest BCUT2D eigenvalue weighted by atomic mass is 11.2. The van der Waals surface area contributed by atoms with Crippen molar-refractivity contribution in [2.24, 2.45) is 0 Å². The molecule has 0 heterocycles. The number of nitrogens with zero attached hydrogens (tertiary/aromatic N) is 7. The highest BCUT2D eigenvalue weighted by Crippen LogP contribution is 2.61. The number of hydrazine groups is 1. The van der Waals surface area contributed by atoms with Crippen molar-refractivity contribution >= 4 is 15.9 Å². The third kappa shape index (κ3) is 4.68. The van der Waals surface area contributed by atoms with Crippen LogP contribution >= 0.6 is 15.9 Å². The molecule has 0 aliphatic carbocycles. The maximum absolute atomic E-state index is 2.53. The average molecular weight is 359 g/mol. The van der Waals surface area contributed by atoms with E-state index >= 15 is 0 Å². The van der Waals surface area contributed by atoms with Crippen LogP contribution in [0.3, 0.4) is 0 Å². The first kappa shape index (κ1) is 24.6. The van der Waals surface area contributed by atoms with E-state index in [2.05, 4.69) is 117 Å². The second-order valence-corrected chi connectivity index (χ2v) is 12.8. The predicted molar refractivity (Wildman–Crippen MR) is 96.2 cm³/mol. The fourth-order valence-corrected chi connectivity index (χ4v) is 11.3. The Morgan fingerprint density at radius 2 is 0.864 bits per heavy atom. The Kier molecular flexibility index (Phi) is 10.7. The molecule has 0 saturated carbocycles. The van der Waals surface area contributed by atoms with Crippen LogP contribution in [0.25, 0.3) is 0 Å². The fraction of sp³-hybridized carbons (Fsp3) is 1.00. The molecule has 0 saturated heterocycles. The quantitative estimate of drug-likeness (QED) is 0.403. The van der Waals surface area contributed by atoms with Crippen molar-refractivity contribution in [2.45, 2.75) is 0 Å². The zero-order valence-corrected chi connectivity index (χ0v) is 18.2. The van der Waals surface area contributed by atoms with Crippen LogP contribution in [0.2, 0.25) is 0 Å². The zero-order valence-electron chi connectivity index (χ0n) is 16.4. The first-order valence-corrected chi connectivity index (χ1v) is 9.77. The van der Waals surface area contributed by atoms with Crippen LogP contribution in [-0.2, 0) is 0 Å². The minimum Gasteiger partial charge on any atom is -1.00 e. The van der Waals surface area contributed by atoms with Crippen LogP contribution in [0.5, 0.6) is 0 Å². The standard InChI is InChI=1S/C12H36N7P2.FH/c1-13(2)19(20(14(3)4)15(5)6)21(16(7)8,17(9)10)18(11)12;/h1-12H3;1H/q+1;/p-1. The Morgan fingerprint density at radius 3 is 1.00 bits per heavy atom.